The molecule has 0 saturated carbocycles. The van der Waals surface area contributed by atoms with Gasteiger partial charge in [0.25, 0.3) is 0 Å². The summed E-state index contributed by atoms with van der Waals surface area (Å²) in [4.78, 5) is 6.82. The molecule has 96 valence electrons. The van der Waals surface area contributed by atoms with E-state index in [1.54, 1.807) is 0 Å². The van der Waals surface area contributed by atoms with Crippen LogP contribution >= 0.6 is 0 Å². The molecule has 3 heteroatoms. The van der Waals surface area contributed by atoms with Crippen LogP contribution in [0.25, 0.3) is 0 Å². The van der Waals surface area contributed by atoms with E-state index in [9.17, 15) is 0 Å². The second kappa shape index (κ2) is 6.60. The SMILES string of the molecule is CCC(C)CN(CC)c1ccc(C(C)N)cn1. The van der Waals surface area contributed by atoms with Crippen molar-refractivity contribution in [1.82, 2.24) is 4.98 Å². The molecule has 0 saturated heterocycles. The molecule has 0 amide bonds. The minimum absolute atomic E-state index is 0.0567. The van der Waals surface area contributed by atoms with Gasteiger partial charge in [-0.2, -0.15) is 0 Å². The fourth-order valence-electron chi connectivity index (χ4n) is 1.74. The molecule has 0 aromatic carbocycles. The molecule has 1 heterocycles. The number of nitrogens with zero attached hydrogens (tertiary/aromatic N) is 2. The van der Waals surface area contributed by atoms with Crippen LogP contribution in [0, 0.1) is 5.92 Å². The van der Waals surface area contributed by atoms with Crippen molar-refractivity contribution in [3.8, 4) is 0 Å². The van der Waals surface area contributed by atoms with Gasteiger partial charge in [0.1, 0.15) is 5.82 Å². The topological polar surface area (TPSA) is 42.1 Å². The second-order valence-electron chi connectivity index (χ2n) is 4.79. The van der Waals surface area contributed by atoms with Gasteiger partial charge in [0, 0.05) is 25.3 Å². The van der Waals surface area contributed by atoms with Crippen LogP contribution in [0.4, 0.5) is 5.82 Å². The minimum atomic E-state index is 0.0567. The Labute approximate surface area is 105 Å². The molecule has 17 heavy (non-hydrogen) atoms. The highest BCUT2D eigenvalue weighted by Crippen LogP contribution is 2.16. The first kappa shape index (κ1) is 14.0. The first-order chi connectivity index (χ1) is 8.08. The fraction of sp³-hybridized carbons (Fsp3) is 0.643. The van der Waals surface area contributed by atoms with Gasteiger partial charge < -0.3 is 10.6 Å². The Bertz CT molecular complexity index is 319. The Morgan fingerprint density at radius 1 is 1.29 bits per heavy atom. The zero-order valence-electron chi connectivity index (χ0n) is 11.5. The highest BCUT2D eigenvalue weighted by Gasteiger charge is 2.09. The van der Waals surface area contributed by atoms with Crippen LogP contribution < -0.4 is 10.6 Å². The van der Waals surface area contributed by atoms with Crippen LogP contribution in [-0.4, -0.2) is 18.1 Å². The highest BCUT2D eigenvalue weighted by atomic mass is 15.2. The van der Waals surface area contributed by atoms with Crippen LogP contribution in [0.2, 0.25) is 0 Å². The lowest BCUT2D eigenvalue weighted by Crippen LogP contribution is -2.28. The predicted octanol–water partition coefficient (Wildman–Crippen LogP) is 2.97. The van der Waals surface area contributed by atoms with E-state index < -0.39 is 0 Å². The molecule has 0 radical (unpaired) electrons. The third-order valence-electron chi connectivity index (χ3n) is 3.23. The van der Waals surface area contributed by atoms with Gasteiger partial charge in [-0.15, -0.1) is 0 Å². The van der Waals surface area contributed by atoms with Gasteiger partial charge in [-0.3, -0.25) is 0 Å². The molecule has 0 spiro atoms. The van der Waals surface area contributed by atoms with Gasteiger partial charge in [-0.1, -0.05) is 26.3 Å². The van der Waals surface area contributed by atoms with Crippen LogP contribution in [0.5, 0.6) is 0 Å². The third-order valence-corrected chi connectivity index (χ3v) is 3.23. The van der Waals surface area contributed by atoms with E-state index in [4.69, 9.17) is 5.73 Å². The number of hydrogen-bond acceptors (Lipinski definition) is 3. The quantitative estimate of drug-likeness (QED) is 0.824. The number of hydrogen-bond donors (Lipinski definition) is 1. The average molecular weight is 235 g/mol. The summed E-state index contributed by atoms with van der Waals surface area (Å²) in [5.74, 6) is 1.75. The van der Waals surface area contributed by atoms with E-state index in [0.717, 1.165) is 24.5 Å². The summed E-state index contributed by atoms with van der Waals surface area (Å²) in [6.07, 6.45) is 3.09. The maximum absolute atomic E-state index is 5.82. The Morgan fingerprint density at radius 3 is 2.41 bits per heavy atom. The molecule has 3 nitrogen and oxygen atoms in total. The normalized spacial score (nSPS) is 14.4. The largest absolute Gasteiger partial charge is 0.357 e. The van der Waals surface area contributed by atoms with E-state index in [1.165, 1.54) is 6.42 Å². The molecule has 0 fully saturated rings. The zero-order chi connectivity index (χ0) is 12.8. The monoisotopic (exact) mass is 235 g/mol. The Kier molecular flexibility index (Phi) is 5.42. The maximum atomic E-state index is 5.82. The molecule has 0 aliphatic heterocycles. The molecule has 0 aliphatic rings. The molecule has 1 aromatic heterocycles. The fourth-order valence-corrected chi connectivity index (χ4v) is 1.74. The number of aromatic nitrogens is 1. The number of nitrogens with two attached hydrogens (primary N) is 1. The second-order valence-corrected chi connectivity index (χ2v) is 4.79. The van der Waals surface area contributed by atoms with Gasteiger partial charge in [0.05, 0.1) is 0 Å². The molecular formula is C14H25N3. The van der Waals surface area contributed by atoms with Gasteiger partial charge in [0.2, 0.25) is 0 Å². The lowest BCUT2D eigenvalue weighted by Gasteiger charge is -2.25. The molecular weight excluding hydrogens is 210 g/mol. The van der Waals surface area contributed by atoms with Crippen LogP contribution in [-0.2, 0) is 0 Å². The van der Waals surface area contributed by atoms with Gasteiger partial charge >= 0.3 is 0 Å². The van der Waals surface area contributed by atoms with E-state index in [2.05, 4.69) is 42.8 Å². The highest BCUT2D eigenvalue weighted by molar-refractivity contribution is 5.39. The summed E-state index contributed by atoms with van der Waals surface area (Å²) in [6.45, 7) is 10.7. The Hall–Kier alpha value is -1.09. The van der Waals surface area contributed by atoms with Crippen molar-refractivity contribution in [3.63, 3.8) is 0 Å². The Morgan fingerprint density at radius 2 is 2.00 bits per heavy atom. The molecule has 2 atom stereocenters. The van der Waals surface area contributed by atoms with Gasteiger partial charge in [0.15, 0.2) is 0 Å². The van der Waals surface area contributed by atoms with Crippen LogP contribution in [0.1, 0.15) is 45.7 Å². The zero-order valence-corrected chi connectivity index (χ0v) is 11.5. The van der Waals surface area contributed by atoms with Crippen molar-refractivity contribution in [1.29, 1.82) is 0 Å². The maximum Gasteiger partial charge on any atom is 0.128 e. The number of anilines is 1. The summed E-state index contributed by atoms with van der Waals surface area (Å²) >= 11 is 0. The lowest BCUT2D eigenvalue weighted by atomic mass is 10.1. The average Bonchev–Trinajstić information content (AvgIpc) is 2.35. The first-order valence-electron chi connectivity index (χ1n) is 6.54. The van der Waals surface area contributed by atoms with Crippen molar-refractivity contribution in [2.24, 2.45) is 11.7 Å². The smallest absolute Gasteiger partial charge is 0.128 e. The Balaban J connectivity index is 2.75. The van der Waals surface area contributed by atoms with E-state index >= 15 is 0 Å². The molecule has 0 bridgehead atoms. The van der Waals surface area contributed by atoms with Crippen molar-refractivity contribution in [3.05, 3.63) is 23.9 Å². The molecule has 1 aromatic rings. The van der Waals surface area contributed by atoms with Gasteiger partial charge in [-0.25, -0.2) is 4.98 Å². The van der Waals surface area contributed by atoms with E-state index in [1.807, 2.05) is 13.1 Å². The predicted molar refractivity (Wildman–Crippen MR) is 74.2 cm³/mol. The van der Waals surface area contributed by atoms with E-state index in [-0.39, 0.29) is 6.04 Å². The van der Waals surface area contributed by atoms with Crippen molar-refractivity contribution >= 4 is 5.82 Å². The van der Waals surface area contributed by atoms with Crippen molar-refractivity contribution < 1.29 is 0 Å². The molecule has 2 N–H and O–H groups in total. The van der Waals surface area contributed by atoms with Crippen molar-refractivity contribution in [2.75, 3.05) is 18.0 Å². The summed E-state index contributed by atoms with van der Waals surface area (Å²) in [5.41, 5.74) is 6.91. The summed E-state index contributed by atoms with van der Waals surface area (Å²) < 4.78 is 0. The van der Waals surface area contributed by atoms with E-state index in [0.29, 0.717) is 5.92 Å². The molecule has 1 rings (SSSR count). The summed E-state index contributed by atoms with van der Waals surface area (Å²) in [7, 11) is 0. The van der Waals surface area contributed by atoms with Crippen molar-refractivity contribution in [2.45, 2.75) is 40.2 Å². The number of rotatable bonds is 6. The summed E-state index contributed by atoms with van der Waals surface area (Å²) in [5, 5.41) is 0. The minimum Gasteiger partial charge on any atom is -0.357 e. The van der Waals surface area contributed by atoms with Gasteiger partial charge in [-0.05, 0) is 31.4 Å². The standard InChI is InChI=1S/C14H25N3/c1-5-11(3)10-17(6-2)14-8-7-13(9-16-14)12(4)15/h7-9,11-12H,5-6,10,15H2,1-4H3. The number of pyridine rings is 1. The first-order valence-corrected chi connectivity index (χ1v) is 6.54. The summed E-state index contributed by atoms with van der Waals surface area (Å²) in [6, 6.07) is 4.21. The molecule has 2 unspecified atom stereocenters. The molecule has 0 aliphatic carbocycles. The lowest BCUT2D eigenvalue weighted by molar-refractivity contribution is 0.545. The third kappa shape index (κ3) is 4.00. The van der Waals surface area contributed by atoms with Crippen LogP contribution in [0.15, 0.2) is 18.3 Å². The van der Waals surface area contributed by atoms with Crippen LogP contribution in [0.3, 0.4) is 0 Å².